The Balaban J connectivity index is 2.28. The Bertz CT molecular complexity index is 1150. The van der Waals surface area contributed by atoms with Crippen LogP contribution < -0.4 is 9.62 Å². The molecule has 1 N–H and O–H groups in total. The number of halogens is 2. The highest BCUT2D eigenvalue weighted by Crippen LogP contribution is 2.28. The van der Waals surface area contributed by atoms with Gasteiger partial charge >= 0.3 is 0 Å². The van der Waals surface area contributed by atoms with Gasteiger partial charge in [-0.2, -0.15) is 0 Å². The first-order chi connectivity index (χ1) is 16.9. The van der Waals surface area contributed by atoms with Crippen molar-refractivity contribution in [2.75, 3.05) is 23.7 Å². The number of hydrogen-bond donors (Lipinski definition) is 1. The van der Waals surface area contributed by atoms with Gasteiger partial charge in [0, 0.05) is 41.7 Å². The molecule has 2 aromatic rings. The Hall–Kier alpha value is -2.29. The van der Waals surface area contributed by atoms with Crippen LogP contribution in [0, 0.1) is 13.8 Å². The third kappa shape index (κ3) is 8.11. The van der Waals surface area contributed by atoms with Crippen LogP contribution in [-0.4, -0.2) is 50.5 Å². The van der Waals surface area contributed by atoms with Gasteiger partial charge in [0.1, 0.15) is 6.04 Å². The topological polar surface area (TPSA) is 86.8 Å². The first-order valence-electron chi connectivity index (χ1n) is 11.9. The number of amides is 2. The first kappa shape index (κ1) is 29.9. The van der Waals surface area contributed by atoms with E-state index in [2.05, 4.69) is 5.32 Å². The highest BCUT2D eigenvalue weighted by molar-refractivity contribution is 7.92. The summed E-state index contributed by atoms with van der Waals surface area (Å²) in [6.07, 6.45) is 1.88. The van der Waals surface area contributed by atoms with E-state index in [0.717, 1.165) is 17.4 Å². The number of nitrogens with one attached hydrogen (secondary N) is 1. The first-order valence-corrected chi connectivity index (χ1v) is 14.6. The van der Waals surface area contributed by atoms with Gasteiger partial charge in [0.2, 0.25) is 21.8 Å². The van der Waals surface area contributed by atoms with Gasteiger partial charge in [0.05, 0.1) is 11.9 Å². The third-order valence-corrected chi connectivity index (χ3v) is 7.68. The number of anilines is 1. The molecular weight excluding hydrogens is 521 g/mol. The molecular formula is C26H35Cl2N3O4S. The van der Waals surface area contributed by atoms with Crippen molar-refractivity contribution in [2.45, 2.75) is 59.5 Å². The van der Waals surface area contributed by atoms with Gasteiger partial charge in [-0.1, -0.05) is 42.3 Å². The van der Waals surface area contributed by atoms with E-state index in [1.165, 1.54) is 9.21 Å². The maximum absolute atomic E-state index is 13.4. The standard InChI is InChI=1S/C26H35Cl2N3O4S/c1-6-24(26(33)29-7-2)30(17-21-22(27)10-8-11-23(21)28)25(32)12-9-13-31(36(5,34)35)20-15-18(3)14-19(4)16-20/h8,10-11,14-16,24H,6-7,9,12-13,17H2,1-5H3,(H,29,33)/t24-/m1/s1. The van der Waals surface area contributed by atoms with Crippen LogP contribution in [0.25, 0.3) is 0 Å². The molecule has 0 bridgehead atoms. The smallest absolute Gasteiger partial charge is 0.242 e. The van der Waals surface area contributed by atoms with Crippen LogP contribution >= 0.6 is 23.2 Å². The Morgan fingerprint density at radius 3 is 2.11 bits per heavy atom. The van der Waals surface area contributed by atoms with Crippen molar-refractivity contribution in [1.82, 2.24) is 10.2 Å². The molecule has 0 aliphatic rings. The van der Waals surface area contributed by atoms with Crippen molar-refractivity contribution < 1.29 is 18.0 Å². The Kier molecular flexibility index (Phi) is 11.1. The summed E-state index contributed by atoms with van der Waals surface area (Å²) >= 11 is 12.7. The largest absolute Gasteiger partial charge is 0.355 e. The number of rotatable bonds is 12. The van der Waals surface area contributed by atoms with E-state index in [1.54, 1.807) is 18.2 Å². The van der Waals surface area contributed by atoms with Crippen molar-refractivity contribution in [3.63, 3.8) is 0 Å². The van der Waals surface area contributed by atoms with Crippen LogP contribution in [0.4, 0.5) is 5.69 Å². The molecule has 1 atom stereocenters. The third-order valence-electron chi connectivity index (χ3n) is 5.77. The summed E-state index contributed by atoms with van der Waals surface area (Å²) in [6.45, 7) is 8.10. The lowest BCUT2D eigenvalue weighted by Gasteiger charge is -2.31. The normalized spacial score (nSPS) is 12.2. The molecule has 0 radical (unpaired) electrons. The molecule has 0 heterocycles. The molecule has 2 aromatic carbocycles. The lowest BCUT2D eigenvalue weighted by Crippen LogP contribution is -2.49. The lowest BCUT2D eigenvalue weighted by atomic mass is 10.1. The van der Waals surface area contributed by atoms with Gasteiger partial charge in [-0.3, -0.25) is 13.9 Å². The van der Waals surface area contributed by atoms with Crippen molar-refractivity contribution in [3.8, 4) is 0 Å². The molecule has 0 spiro atoms. The minimum atomic E-state index is -3.56. The maximum atomic E-state index is 13.4. The van der Waals surface area contributed by atoms with E-state index in [1.807, 2.05) is 45.9 Å². The van der Waals surface area contributed by atoms with Crippen LogP contribution in [0.5, 0.6) is 0 Å². The van der Waals surface area contributed by atoms with Crippen LogP contribution in [0.2, 0.25) is 10.0 Å². The predicted molar refractivity (Wildman–Crippen MR) is 147 cm³/mol. The van der Waals surface area contributed by atoms with E-state index in [-0.39, 0.29) is 37.7 Å². The van der Waals surface area contributed by atoms with Crippen LogP contribution in [0.1, 0.15) is 49.8 Å². The van der Waals surface area contributed by atoms with Gasteiger partial charge in [-0.15, -0.1) is 0 Å². The highest BCUT2D eigenvalue weighted by atomic mass is 35.5. The number of benzene rings is 2. The minimum Gasteiger partial charge on any atom is -0.355 e. The van der Waals surface area contributed by atoms with E-state index in [9.17, 15) is 18.0 Å². The molecule has 7 nitrogen and oxygen atoms in total. The molecule has 2 amide bonds. The zero-order chi connectivity index (χ0) is 27.0. The molecule has 0 saturated carbocycles. The van der Waals surface area contributed by atoms with Crippen molar-refractivity contribution >= 4 is 50.7 Å². The fraction of sp³-hybridized carbons (Fsp3) is 0.462. The molecule has 0 aliphatic carbocycles. The summed E-state index contributed by atoms with van der Waals surface area (Å²) in [6, 6.07) is 9.97. The van der Waals surface area contributed by atoms with Gasteiger partial charge in [0.25, 0.3) is 0 Å². The molecule has 0 aromatic heterocycles. The summed E-state index contributed by atoms with van der Waals surface area (Å²) in [5, 5.41) is 3.60. The molecule has 36 heavy (non-hydrogen) atoms. The molecule has 198 valence electrons. The Labute approximate surface area is 224 Å². The van der Waals surface area contributed by atoms with Crippen molar-refractivity contribution in [3.05, 3.63) is 63.1 Å². The summed E-state index contributed by atoms with van der Waals surface area (Å²) in [4.78, 5) is 27.7. The molecule has 2 rings (SSSR count). The second-order valence-corrected chi connectivity index (χ2v) is 11.5. The number of carbonyl (C=O) groups is 2. The monoisotopic (exact) mass is 555 g/mol. The van der Waals surface area contributed by atoms with Crippen molar-refractivity contribution in [2.24, 2.45) is 0 Å². The highest BCUT2D eigenvalue weighted by Gasteiger charge is 2.29. The average molecular weight is 557 g/mol. The van der Waals surface area contributed by atoms with Gasteiger partial charge in [-0.05, 0) is 69.0 Å². The molecule has 0 saturated heterocycles. The summed E-state index contributed by atoms with van der Waals surface area (Å²) in [5.74, 6) is -0.539. The number of aryl methyl sites for hydroxylation is 2. The lowest BCUT2D eigenvalue weighted by molar-refractivity contribution is -0.141. The number of sulfonamides is 1. The maximum Gasteiger partial charge on any atom is 0.242 e. The molecule has 10 heteroatoms. The van der Waals surface area contributed by atoms with E-state index in [4.69, 9.17) is 23.2 Å². The summed E-state index contributed by atoms with van der Waals surface area (Å²) < 4.78 is 26.4. The SMILES string of the molecule is CCNC(=O)[C@@H](CC)N(Cc1c(Cl)cccc1Cl)C(=O)CCCN(c1cc(C)cc(C)c1)S(C)(=O)=O. The Morgan fingerprint density at radius 2 is 1.61 bits per heavy atom. The summed E-state index contributed by atoms with van der Waals surface area (Å²) in [5.41, 5.74) is 3.02. The van der Waals surface area contributed by atoms with Crippen LogP contribution in [0.3, 0.4) is 0 Å². The number of nitrogens with zero attached hydrogens (tertiary/aromatic N) is 2. The van der Waals surface area contributed by atoms with E-state index >= 15 is 0 Å². The van der Waals surface area contributed by atoms with Crippen LogP contribution in [0.15, 0.2) is 36.4 Å². The fourth-order valence-electron chi connectivity index (χ4n) is 4.16. The second kappa shape index (κ2) is 13.3. The van der Waals surface area contributed by atoms with Crippen LogP contribution in [-0.2, 0) is 26.2 Å². The van der Waals surface area contributed by atoms with E-state index < -0.39 is 16.1 Å². The number of hydrogen-bond acceptors (Lipinski definition) is 4. The quantitative estimate of drug-likeness (QED) is 0.394. The number of carbonyl (C=O) groups excluding carboxylic acids is 2. The zero-order valence-electron chi connectivity index (χ0n) is 21.5. The Morgan fingerprint density at radius 1 is 1.03 bits per heavy atom. The minimum absolute atomic E-state index is 0.0504. The number of likely N-dealkylation sites (N-methyl/N-ethyl adjacent to an activating group) is 1. The second-order valence-electron chi connectivity index (χ2n) is 8.83. The average Bonchev–Trinajstić information content (AvgIpc) is 2.77. The van der Waals surface area contributed by atoms with Gasteiger partial charge in [-0.25, -0.2) is 8.42 Å². The fourth-order valence-corrected chi connectivity index (χ4v) is 5.63. The molecule has 0 fully saturated rings. The molecule has 0 aliphatic heterocycles. The molecule has 0 unspecified atom stereocenters. The summed E-state index contributed by atoms with van der Waals surface area (Å²) in [7, 11) is -3.56. The van der Waals surface area contributed by atoms with Gasteiger partial charge in [0.15, 0.2) is 0 Å². The van der Waals surface area contributed by atoms with E-state index in [0.29, 0.717) is 34.3 Å². The predicted octanol–water partition coefficient (Wildman–Crippen LogP) is 5.10. The van der Waals surface area contributed by atoms with Crippen molar-refractivity contribution in [1.29, 1.82) is 0 Å². The zero-order valence-corrected chi connectivity index (χ0v) is 23.8. The van der Waals surface area contributed by atoms with Gasteiger partial charge < -0.3 is 10.2 Å².